The fourth-order valence-corrected chi connectivity index (χ4v) is 2.58. The van der Waals surface area contributed by atoms with Crippen LogP contribution in [0.5, 0.6) is 11.5 Å². The number of aryl methyl sites for hydroxylation is 1. The second-order valence-corrected chi connectivity index (χ2v) is 6.56. The SMILES string of the molecule is CCCCCCOc1ccc(/C=N\NC(=O)COc2cccc(CC)c2)cc1. The Kier molecular flexibility index (Phi) is 9.62. The molecule has 0 heterocycles. The molecule has 1 amide bonds. The molecule has 2 rings (SSSR count). The first-order chi connectivity index (χ1) is 13.7. The van der Waals surface area contributed by atoms with E-state index in [0.29, 0.717) is 5.75 Å². The van der Waals surface area contributed by atoms with Crippen molar-refractivity contribution in [3.63, 3.8) is 0 Å². The van der Waals surface area contributed by atoms with Crippen LogP contribution in [0.2, 0.25) is 0 Å². The summed E-state index contributed by atoms with van der Waals surface area (Å²) in [5.74, 6) is 1.23. The molecule has 5 heteroatoms. The molecule has 150 valence electrons. The van der Waals surface area contributed by atoms with Gasteiger partial charge in [0.2, 0.25) is 0 Å². The predicted octanol–water partition coefficient (Wildman–Crippen LogP) is 4.74. The van der Waals surface area contributed by atoms with Crippen molar-refractivity contribution in [2.75, 3.05) is 13.2 Å². The van der Waals surface area contributed by atoms with Crippen molar-refractivity contribution >= 4 is 12.1 Å². The highest BCUT2D eigenvalue weighted by Crippen LogP contribution is 2.14. The van der Waals surface area contributed by atoms with E-state index >= 15 is 0 Å². The molecular formula is C23H30N2O3. The number of benzene rings is 2. The number of hydrogen-bond acceptors (Lipinski definition) is 4. The van der Waals surface area contributed by atoms with Gasteiger partial charge in [-0.15, -0.1) is 0 Å². The first-order valence-corrected chi connectivity index (χ1v) is 9.97. The van der Waals surface area contributed by atoms with Crippen molar-refractivity contribution in [3.8, 4) is 11.5 Å². The molecule has 0 aliphatic heterocycles. The van der Waals surface area contributed by atoms with Crippen molar-refractivity contribution in [2.45, 2.75) is 46.0 Å². The van der Waals surface area contributed by atoms with Crippen LogP contribution in [0.25, 0.3) is 0 Å². The highest BCUT2D eigenvalue weighted by atomic mass is 16.5. The zero-order valence-electron chi connectivity index (χ0n) is 16.8. The maximum Gasteiger partial charge on any atom is 0.277 e. The third-order valence-corrected chi connectivity index (χ3v) is 4.23. The lowest BCUT2D eigenvalue weighted by Crippen LogP contribution is -2.24. The number of unbranched alkanes of at least 4 members (excludes halogenated alkanes) is 3. The maximum atomic E-state index is 11.8. The van der Waals surface area contributed by atoms with Gasteiger partial charge in [0, 0.05) is 0 Å². The summed E-state index contributed by atoms with van der Waals surface area (Å²) in [5, 5.41) is 3.97. The molecule has 0 saturated heterocycles. The predicted molar refractivity (Wildman–Crippen MR) is 113 cm³/mol. The van der Waals surface area contributed by atoms with E-state index in [2.05, 4.69) is 24.4 Å². The first kappa shape index (κ1) is 21.5. The molecule has 0 aliphatic carbocycles. The Morgan fingerprint density at radius 3 is 2.57 bits per heavy atom. The monoisotopic (exact) mass is 382 g/mol. The Morgan fingerprint density at radius 1 is 1.00 bits per heavy atom. The van der Waals surface area contributed by atoms with Crippen LogP contribution in [0.4, 0.5) is 0 Å². The van der Waals surface area contributed by atoms with Gasteiger partial charge in [-0.1, -0.05) is 45.2 Å². The van der Waals surface area contributed by atoms with Gasteiger partial charge in [-0.3, -0.25) is 4.79 Å². The van der Waals surface area contributed by atoms with E-state index in [9.17, 15) is 4.79 Å². The standard InChI is InChI=1S/C23H30N2O3/c1-3-5-6-7-15-27-21-13-11-20(12-14-21)17-24-25-23(26)18-28-22-10-8-9-19(4-2)16-22/h8-14,16-17H,3-7,15,18H2,1-2H3,(H,25,26)/b24-17-. The molecule has 2 aromatic rings. The van der Waals surface area contributed by atoms with Crippen LogP contribution >= 0.6 is 0 Å². The van der Waals surface area contributed by atoms with E-state index in [1.165, 1.54) is 24.8 Å². The lowest BCUT2D eigenvalue weighted by Gasteiger charge is -2.06. The number of nitrogens with zero attached hydrogens (tertiary/aromatic N) is 1. The normalized spacial score (nSPS) is 10.8. The number of rotatable bonds is 12. The van der Waals surface area contributed by atoms with Crippen molar-refractivity contribution in [2.24, 2.45) is 5.10 Å². The van der Waals surface area contributed by atoms with Gasteiger partial charge in [0.05, 0.1) is 12.8 Å². The summed E-state index contributed by atoms with van der Waals surface area (Å²) >= 11 is 0. The van der Waals surface area contributed by atoms with Crippen molar-refractivity contribution in [1.82, 2.24) is 5.43 Å². The molecule has 0 saturated carbocycles. The third-order valence-electron chi connectivity index (χ3n) is 4.23. The van der Waals surface area contributed by atoms with Gasteiger partial charge in [-0.25, -0.2) is 5.43 Å². The van der Waals surface area contributed by atoms with Crippen LogP contribution in [-0.4, -0.2) is 25.3 Å². The van der Waals surface area contributed by atoms with Gasteiger partial charge in [0.25, 0.3) is 5.91 Å². The van der Waals surface area contributed by atoms with E-state index in [1.54, 1.807) is 6.21 Å². The van der Waals surface area contributed by atoms with E-state index in [-0.39, 0.29) is 12.5 Å². The van der Waals surface area contributed by atoms with E-state index < -0.39 is 0 Å². The third kappa shape index (κ3) is 8.25. The summed E-state index contributed by atoms with van der Waals surface area (Å²) in [5.41, 5.74) is 4.53. The maximum absolute atomic E-state index is 11.8. The summed E-state index contributed by atoms with van der Waals surface area (Å²) in [6.07, 6.45) is 7.28. The van der Waals surface area contributed by atoms with E-state index in [1.807, 2.05) is 48.5 Å². The van der Waals surface area contributed by atoms with Crippen LogP contribution in [-0.2, 0) is 11.2 Å². The van der Waals surface area contributed by atoms with Crippen molar-refractivity contribution in [3.05, 3.63) is 59.7 Å². The number of hydrazone groups is 1. The number of amides is 1. The molecule has 28 heavy (non-hydrogen) atoms. The Balaban J connectivity index is 1.69. The summed E-state index contributed by atoms with van der Waals surface area (Å²) in [7, 11) is 0. The molecule has 0 aromatic heterocycles. The fourth-order valence-electron chi connectivity index (χ4n) is 2.58. The van der Waals surface area contributed by atoms with E-state index in [0.717, 1.165) is 30.8 Å². The minimum absolute atomic E-state index is 0.0741. The molecule has 2 aromatic carbocycles. The van der Waals surface area contributed by atoms with Gasteiger partial charge in [-0.2, -0.15) is 5.10 Å². The van der Waals surface area contributed by atoms with Crippen molar-refractivity contribution < 1.29 is 14.3 Å². The van der Waals surface area contributed by atoms with Gasteiger partial charge < -0.3 is 9.47 Å². The number of nitrogens with one attached hydrogen (secondary N) is 1. The van der Waals surface area contributed by atoms with Crippen LogP contribution < -0.4 is 14.9 Å². The lowest BCUT2D eigenvalue weighted by atomic mass is 10.2. The van der Waals surface area contributed by atoms with Crippen LogP contribution in [0.3, 0.4) is 0 Å². The van der Waals surface area contributed by atoms with Gasteiger partial charge >= 0.3 is 0 Å². The molecule has 0 fully saturated rings. The summed E-state index contributed by atoms with van der Waals surface area (Å²) in [4.78, 5) is 11.8. The molecule has 0 unspecified atom stereocenters. The van der Waals surface area contributed by atoms with Gasteiger partial charge in [-0.05, 0) is 60.4 Å². The van der Waals surface area contributed by atoms with E-state index in [4.69, 9.17) is 9.47 Å². The molecule has 0 atom stereocenters. The molecule has 0 radical (unpaired) electrons. The Hall–Kier alpha value is -2.82. The summed E-state index contributed by atoms with van der Waals surface area (Å²) in [6.45, 7) is 4.94. The van der Waals surface area contributed by atoms with Crippen LogP contribution in [0.15, 0.2) is 53.6 Å². The zero-order valence-corrected chi connectivity index (χ0v) is 16.8. The topological polar surface area (TPSA) is 59.9 Å². The fraction of sp³-hybridized carbons (Fsp3) is 0.391. The average Bonchev–Trinajstić information content (AvgIpc) is 2.73. The number of ether oxygens (including phenoxy) is 2. The molecule has 0 spiro atoms. The smallest absolute Gasteiger partial charge is 0.277 e. The highest BCUT2D eigenvalue weighted by Gasteiger charge is 2.02. The highest BCUT2D eigenvalue weighted by molar-refractivity contribution is 5.83. The minimum Gasteiger partial charge on any atom is -0.494 e. The lowest BCUT2D eigenvalue weighted by molar-refractivity contribution is -0.123. The Labute approximate surface area is 167 Å². The van der Waals surface area contributed by atoms with Crippen LogP contribution in [0, 0.1) is 0 Å². The number of carbonyl (C=O) groups excluding carboxylic acids is 1. The number of hydrogen-bond donors (Lipinski definition) is 1. The average molecular weight is 383 g/mol. The second-order valence-electron chi connectivity index (χ2n) is 6.56. The molecular weight excluding hydrogens is 352 g/mol. The first-order valence-electron chi connectivity index (χ1n) is 9.97. The van der Waals surface area contributed by atoms with Crippen LogP contribution in [0.1, 0.15) is 50.7 Å². The minimum atomic E-state index is -0.301. The molecule has 1 N–H and O–H groups in total. The number of carbonyl (C=O) groups is 1. The van der Waals surface area contributed by atoms with Gasteiger partial charge in [0.1, 0.15) is 11.5 Å². The largest absolute Gasteiger partial charge is 0.494 e. The quantitative estimate of drug-likeness (QED) is 0.328. The second kappa shape index (κ2) is 12.5. The Morgan fingerprint density at radius 2 is 1.82 bits per heavy atom. The zero-order chi connectivity index (χ0) is 20.0. The summed E-state index contributed by atoms with van der Waals surface area (Å²) in [6, 6.07) is 15.4. The Bertz CT molecular complexity index is 742. The van der Waals surface area contributed by atoms with Gasteiger partial charge in [0.15, 0.2) is 6.61 Å². The summed E-state index contributed by atoms with van der Waals surface area (Å²) < 4.78 is 11.2. The van der Waals surface area contributed by atoms with Crippen molar-refractivity contribution in [1.29, 1.82) is 0 Å². The molecule has 0 bridgehead atoms. The molecule has 0 aliphatic rings. The molecule has 5 nitrogen and oxygen atoms in total.